The number of hydrogen-bond acceptors (Lipinski definition) is 3. The van der Waals surface area contributed by atoms with E-state index in [1.807, 2.05) is 42.5 Å². The van der Waals surface area contributed by atoms with Crippen LogP contribution in [0, 0.1) is 0 Å². The Bertz CT molecular complexity index is 789. The van der Waals surface area contributed by atoms with Crippen molar-refractivity contribution in [1.29, 1.82) is 0 Å². The first kappa shape index (κ1) is 14.0. The zero-order valence-corrected chi connectivity index (χ0v) is 12.9. The largest absolute Gasteiger partial charge is 0.508 e. The van der Waals surface area contributed by atoms with Crippen LogP contribution in [0.15, 0.2) is 59.1 Å². The number of aromatic hydroxyl groups is 1. The average molecular weight is 343 g/mol. The standard InChI is InChI=1S/C17H15BrN2O/c18-14-10-12-5-1-2-7-16(12)20-17(14)15(19)9-11-4-3-6-13(21)8-11/h1-8,10,15,21H,9,19H2. The summed E-state index contributed by atoms with van der Waals surface area (Å²) in [6.07, 6.45) is 0.623. The predicted octanol–water partition coefficient (Wildman–Crippen LogP) is 3.95. The second kappa shape index (κ2) is 5.84. The molecule has 0 bridgehead atoms. The van der Waals surface area contributed by atoms with Gasteiger partial charge in [0.1, 0.15) is 5.75 Å². The molecule has 3 aromatic rings. The van der Waals surface area contributed by atoms with E-state index in [2.05, 4.69) is 20.9 Å². The van der Waals surface area contributed by atoms with Gasteiger partial charge in [0, 0.05) is 9.86 Å². The molecule has 0 radical (unpaired) electrons. The summed E-state index contributed by atoms with van der Waals surface area (Å²) in [5.41, 5.74) is 9.05. The summed E-state index contributed by atoms with van der Waals surface area (Å²) >= 11 is 3.55. The Kier molecular flexibility index (Phi) is 3.90. The van der Waals surface area contributed by atoms with Crippen LogP contribution in [-0.2, 0) is 6.42 Å². The SMILES string of the molecule is NC(Cc1cccc(O)c1)c1nc2ccccc2cc1Br. The van der Waals surface area contributed by atoms with E-state index in [0.717, 1.165) is 26.6 Å². The maximum atomic E-state index is 9.53. The van der Waals surface area contributed by atoms with Gasteiger partial charge in [0.2, 0.25) is 0 Å². The first-order chi connectivity index (χ1) is 10.1. The van der Waals surface area contributed by atoms with Crippen molar-refractivity contribution in [3.05, 3.63) is 70.3 Å². The van der Waals surface area contributed by atoms with Crippen molar-refractivity contribution in [3.63, 3.8) is 0 Å². The van der Waals surface area contributed by atoms with Gasteiger partial charge in [-0.1, -0.05) is 30.3 Å². The molecule has 21 heavy (non-hydrogen) atoms. The summed E-state index contributed by atoms with van der Waals surface area (Å²) in [4.78, 5) is 4.66. The molecule has 0 aliphatic rings. The van der Waals surface area contributed by atoms with Crippen LogP contribution in [0.1, 0.15) is 17.3 Å². The van der Waals surface area contributed by atoms with Gasteiger partial charge in [-0.25, -0.2) is 4.98 Å². The van der Waals surface area contributed by atoms with Gasteiger partial charge >= 0.3 is 0 Å². The number of para-hydroxylation sites is 1. The fraction of sp³-hybridized carbons (Fsp3) is 0.118. The van der Waals surface area contributed by atoms with Crippen molar-refractivity contribution < 1.29 is 5.11 Å². The Balaban J connectivity index is 1.93. The highest BCUT2D eigenvalue weighted by Crippen LogP contribution is 2.27. The van der Waals surface area contributed by atoms with Gasteiger partial charge < -0.3 is 10.8 Å². The number of rotatable bonds is 3. The van der Waals surface area contributed by atoms with E-state index < -0.39 is 0 Å². The molecule has 0 amide bonds. The lowest BCUT2D eigenvalue weighted by Gasteiger charge is -2.14. The molecule has 0 aliphatic heterocycles. The number of aromatic nitrogens is 1. The zero-order chi connectivity index (χ0) is 14.8. The number of phenols is 1. The Labute approximate surface area is 131 Å². The van der Waals surface area contributed by atoms with Crippen molar-refractivity contribution in [1.82, 2.24) is 4.98 Å². The second-order valence-electron chi connectivity index (χ2n) is 5.03. The molecule has 0 saturated carbocycles. The zero-order valence-electron chi connectivity index (χ0n) is 11.3. The molecule has 0 aliphatic carbocycles. The van der Waals surface area contributed by atoms with Crippen LogP contribution in [0.4, 0.5) is 0 Å². The van der Waals surface area contributed by atoms with Crippen LogP contribution in [0.2, 0.25) is 0 Å². The monoisotopic (exact) mass is 342 g/mol. The number of fused-ring (bicyclic) bond motifs is 1. The van der Waals surface area contributed by atoms with Crippen LogP contribution in [0.5, 0.6) is 5.75 Å². The number of pyridine rings is 1. The summed E-state index contributed by atoms with van der Waals surface area (Å²) in [6, 6.07) is 16.9. The topological polar surface area (TPSA) is 59.1 Å². The van der Waals surface area contributed by atoms with E-state index in [4.69, 9.17) is 5.73 Å². The average Bonchev–Trinajstić information content (AvgIpc) is 2.46. The minimum atomic E-state index is -0.231. The van der Waals surface area contributed by atoms with Crippen LogP contribution in [0.3, 0.4) is 0 Å². The molecule has 0 saturated heterocycles. The molecule has 106 valence electrons. The Morgan fingerprint density at radius 3 is 2.71 bits per heavy atom. The molecule has 1 unspecified atom stereocenters. The first-order valence-corrected chi connectivity index (χ1v) is 7.51. The van der Waals surface area contributed by atoms with Gasteiger partial charge in [-0.2, -0.15) is 0 Å². The Hall–Kier alpha value is -1.91. The first-order valence-electron chi connectivity index (χ1n) is 6.72. The van der Waals surface area contributed by atoms with Crippen molar-refractivity contribution in [2.24, 2.45) is 5.73 Å². The van der Waals surface area contributed by atoms with Crippen LogP contribution < -0.4 is 5.73 Å². The van der Waals surface area contributed by atoms with Crippen LogP contribution in [0.25, 0.3) is 10.9 Å². The highest BCUT2D eigenvalue weighted by molar-refractivity contribution is 9.10. The smallest absolute Gasteiger partial charge is 0.115 e. The molecule has 0 spiro atoms. The third kappa shape index (κ3) is 3.06. The Morgan fingerprint density at radius 1 is 1.10 bits per heavy atom. The predicted molar refractivity (Wildman–Crippen MR) is 88.2 cm³/mol. The van der Waals surface area contributed by atoms with Crippen LogP contribution >= 0.6 is 15.9 Å². The normalized spacial score (nSPS) is 12.5. The molecule has 3 N–H and O–H groups in total. The summed E-state index contributed by atoms with van der Waals surface area (Å²) in [5.74, 6) is 0.255. The van der Waals surface area contributed by atoms with E-state index in [1.54, 1.807) is 12.1 Å². The lowest BCUT2D eigenvalue weighted by atomic mass is 10.0. The highest BCUT2D eigenvalue weighted by Gasteiger charge is 2.14. The molecule has 1 heterocycles. The van der Waals surface area contributed by atoms with Gasteiger partial charge in [-0.3, -0.25) is 0 Å². The van der Waals surface area contributed by atoms with Crippen LogP contribution in [-0.4, -0.2) is 10.1 Å². The fourth-order valence-corrected chi connectivity index (χ4v) is 3.03. The van der Waals surface area contributed by atoms with E-state index >= 15 is 0 Å². The second-order valence-corrected chi connectivity index (χ2v) is 5.88. The van der Waals surface area contributed by atoms with E-state index in [1.165, 1.54) is 0 Å². The molecule has 2 aromatic carbocycles. The van der Waals surface area contributed by atoms with Crippen molar-refractivity contribution >= 4 is 26.8 Å². The summed E-state index contributed by atoms with van der Waals surface area (Å²) in [7, 11) is 0. The van der Waals surface area contributed by atoms with Gasteiger partial charge in [0.05, 0.1) is 17.3 Å². The molecule has 1 aromatic heterocycles. The summed E-state index contributed by atoms with van der Waals surface area (Å²) in [6.45, 7) is 0. The van der Waals surface area contributed by atoms with Gasteiger partial charge in [0.25, 0.3) is 0 Å². The van der Waals surface area contributed by atoms with Gasteiger partial charge in [-0.05, 0) is 52.2 Å². The molecule has 3 rings (SSSR count). The Morgan fingerprint density at radius 2 is 1.90 bits per heavy atom. The summed E-state index contributed by atoms with van der Waals surface area (Å²) < 4.78 is 0.911. The van der Waals surface area contributed by atoms with Crippen molar-refractivity contribution in [2.75, 3.05) is 0 Å². The number of nitrogens with two attached hydrogens (primary N) is 1. The molecular formula is C17H15BrN2O. The molecule has 3 nitrogen and oxygen atoms in total. The minimum Gasteiger partial charge on any atom is -0.508 e. The minimum absolute atomic E-state index is 0.231. The van der Waals surface area contributed by atoms with Gasteiger partial charge in [0.15, 0.2) is 0 Å². The third-order valence-electron chi connectivity index (χ3n) is 3.42. The molecule has 0 fully saturated rings. The van der Waals surface area contributed by atoms with E-state index in [0.29, 0.717) is 6.42 Å². The van der Waals surface area contributed by atoms with E-state index in [-0.39, 0.29) is 11.8 Å². The molecule has 1 atom stereocenters. The quantitative estimate of drug-likeness (QED) is 0.757. The maximum Gasteiger partial charge on any atom is 0.115 e. The maximum absolute atomic E-state index is 9.53. The number of halogens is 1. The molecule has 4 heteroatoms. The fourth-order valence-electron chi connectivity index (χ4n) is 2.40. The van der Waals surface area contributed by atoms with Crippen molar-refractivity contribution in [3.8, 4) is 5.75 Å². The number of nitrogens with zero attached hydrogens (tertiary/aromatic N) is 1. The number of hydrogen-bond donors (Lipinski definition) is 2. The lowest BCUT2D eigenvalue weighted by Crippen LogP contribution is -2.15. The number of phenolic OH excluding ortho intramolecular Hbond substituents is 1. The molecular weight excluding hydrogens is 328 g/mol. The highest BCUT2D eigenvalue weighted by atomic mass is 79.9. The lowest BCUT2D eigenvalue weighted by molar-refractivity contribution is 0.474. The van der Waals surface area contributed by atoms with Gasteiger partial charge in [-0.15, -0.1) is 0 Å². The third-order valence-corrected chi connectivity index (χ3v) is 4.06. The summed E-state index contributed by atoms with van der Waals surface area (Å²) in [5, 5.41) is 10.6. The van der Waals surface area contributed by atoms with E-state index in [9.17, 15) is 5.11 Å². The van der Waals surface area contributed by atoms with Crippen molar-refractivity contribution in [2.45, 2.75) is 12.5 Å². The number of benzene rings is 2.